The lowest BCUT2D eigenvalue weighted by atomic mass is 9.99. The lowest BCUT2D eigenvalue weighted by Crippen LogP contribution is -2.21. The Morgan fingerprint density at radius 1 is 1.00 bits per heavy atom. The van der Waals surface area contributed by atoms with Gasteiger partial charge < -0.3 is 9.30 Å². The van der Waals surface area contributed by atoms with Gasteiger partial charge in [0, 0.05) is 24.4 Å². The monoisotopic (exact) mass is 489 g/mol. The van der Waals surface area contributed by atoms with Crippen molar-refractivity contribution < 1.29 is 9.13 Å². The van der Waals surface area contributed by atoms with Crippen LogP contribution in [-0.2, 0) is 0 Å². The van der Waals surface area contributed by atoms with Gasteiger partial charge in [0.25, 0.3) is 0 Å². The van der Waals surface area contributed by atoms with E-state index in [4.69, 9.17) is 14.7 Å². The first-order valence-electron chi connectivity index (χ1n) is 11.5. The molecule has 0 N–H and O–H groups in total. The zero-order valence-corrected chi connectivity index (χ0v) is 19.2. The molecule has 0 spiro atoms. The largest absolute Gasteiger partial charge is 0.493 e. The van der Waals surface area contributed by atoms with E-state index in [9.17, 15) is 9.65 Å². The van der Waals surface area contributed by atoms with Crippen molar-refractivity contribution >= 4 is 22.2 Å². The second-order valence-electron chi connectivity index (χ2n) is 8.58. The van der Waals surface area contributed by atoms with Gasteiger partial charge in [-0.2, -0.15) is 10.2 Å². The number of nitriles is 1. The molecular formula is C26H16FN9O. The highest BCUT2D eigenvalue weighted by molar-refractivity contribution is 5.80. The van der Waals surface area contributed by atoms with Crippen molar-refractivity contribution in [3.05, 3.63) is 84.6 Å². The van der Waals surface area contributed by atoms with Gasteiger partial charge in [0.1, 0.15) is 35.6 Å². The average Bonchev–Trinajstić information content (AvgIpc) is 3.54. The van der Waals surface area contributed by atoms with Crippen molar-refractivity contribution in [2.75, 3.05) is 6.61 Å². The highest BCUT2D eigenvalue weighted by Crippen LogP contribution is 2.39. The van der Waals surface area contributed by atoms with Gasteiger partial charge >= 0.3 is 0 Å². The van der Waals surface area contributed by atoms with Crippen LogP contribution in [0.15, 0.2) is 67.6 Å². The summed E-state index contributed by atoms with van der Waals surface area (Å²) in [7, 11) is 0. The lowest BCUT2D eigenvalue weighted by Gasteiger charge is -2.28. The predicted molar refractivity (Wildman–Crippen MR) is 130 cm³/mol. The second kappa shape index (κ2) is 8.17. The summed E-state index contributed by atoms with van der Waals surface area (Å²) in [5.74, 6) is 1.23. The van der Waals surface area contributed by atoms with E-state index in [0.29, 0.717) is 69.4 Å². The molecular weight excluding hydrogens is 473 g/mol. The van der Waals surface area contributed by atoms with Crippen molar-refractivity contribution in [2.45, 2.75) is 12.5 Å². The molecule has 0 fully saturated rings. The maximum absolute atomic E-state index is 14.3. The molecule has 10 nitrogen and oxygen atoms in total. The van der Waals surface area contributed by atoms with Crippen molar-refractivity contribution in [3.8, 4) is 29.2 Å². The Morgan fingerprint density at radius 2 is 1.89 bits per heavy atom. The van der Waals surface area contributed by atoms with E-state index in [1.54, 1.807) is 53.8 Å². The number of ether oxygens (including phenoxy) is 1. The van der Waals surface area contributed by atoms with Gasteiger partial charge in [-0.25, -0.2) is 29.3 Å². The van der Waals surface area contributed by atoms with Crippen LogP contribution in [-0.4, -0.2) is 45.6 Å². The molecule has 2 aromatic carbocycles. The Balaban J connectivity index is 1.49. The number of hydrogen-bond acceptors (Lipinski definition) is 8. The third kappa shape index (κ3) is 3.38. The molecule has 1 aliphatic heterocycles. The van der Waals surface area contributed by atoms with Gasteiger partial charge in [-0.1, -0.05) is 0 Å². The van der Waals surface area contributed by atoms with Crippen LogP contribution in [0.25, 0.3) is 39.5 Å². The van der Waals surface area contributed by atoms with E-state index < -0.39 is 0 Å². The predicted octanol–water partition coefficient (Wildman–Crippen LogP) is 4.00. The van der Waals surface area contributed by atoms with Crippen LogP contribution in [0.5, 0.6) is 5.75 Å². The van der Waals surface area contributed by atoms with Gasteiger partial charge in [0.05, 0.1) is 47.1 Å². The third-order valence-corrected chi connectivity index (χ3v) is 6.42. The zero-order valence-electron chi connectivity index (χ0n) is 19.2. The molecule has 0 saturated heterocycles. The normalized spacial score (nSPS) is 14.9. The number of benzene rings is 2. The first-order chi connectivity index (χ1) is 18.2. The number of hydrogen-bond donors (Lipinski definition) is 0. The summed E-state index contributed by atoms with van der Waals surface area (Å²) >= 11 is 0. The standard InChI is InChI=1S/C26H16FN9O/c27-17-2-4-23-18(8-17)21(5-6-37-23)36-24(16-10-29-13-30-11-16)33-20-12-31-26(34-25(20)36)35-14-32-19-3-1-15(9-28)7-22(19)35/h1-4,7-8,10-14,21H,5-6H2. The minimum Gasteiger partial charge on any atom is -0.493 e. The molecule has 4 aromatic heterocycles. The molecule has 1 aliphatic rings. The fraction of sp³-hybridized carbons (Fsp3) is 0.115. The van der Waals surface area contributed by atoms with Gasteiger partial charge in [-0.15, -0.1) is 0 Å². The molecule has 11 heteroatoms. The van der Waals surface area contributed by atoms with Gasteiger partial charge in [0.2, 0.25) is 5.95 Å². The number of aromatic nitrogens is 8. The molecule has 7 rings (SSSR count). The smallest absolute Gasteiger partial charge is 0.237 e. The number of rotatable bonds is 3. The fourth-order valence-electron chi connectivity index (χ4n) is 4.76. The maximum Gasteiger partial charge on any atom is 0.237 e. The van der Waals surface area contributed by atoms with Crippen LogP contribution in [0.3, 0.4) is 0 Å². The minimum absolute atomic E-state index is 0.299. The van der Waals surface area contributed by atoms with Crippen molar-refractivity contribution in [1.82, 2.24) is 39.0 Å². The molecule has 178 valence electrons. The van der Waals surface area contributed by atoms with E-state index in [0.717, 1.165) is 0 Å². The molecule has 1 atom stereocenters. The highest BCUT2D eigenvalue weighted by atomic mass is 19.1. The molecule has 0 amide bonds. The Bertz CT molecular complexity index is 1860. The quantitative estimate of drug-likeness (QED) is 0.366. The fourth-order valence-corrected chi connectivity index (χ4v) is 4.76. The minimum atomic E-state index is -0.350. The molecule has 1 unspecified atom stereocenters. The van der Waals surface area contributed by atoms with Crippen molar-refractivity contribution in [3.63, 3.8) is 0 Å². The summed E-state index contributed by atoms with van der Waals surface area (Å²) in [6.07, 6.45) is 8.66. The number of imidazole rings is 2. The van der Waals surface area contributed by atoms with E-state index in [1.165, 1.54) is 18.5 Å². The summed E-state index contributed by atoms with van der Waals surface area (Å²) in [5, 5.41) is 9.36. The SMILES string of the molecule is N#Cc1ccc2ncn(-c3ncc4nc(-c5cncnc5)n(C5CCOc6ccc(F)cc65)c4n3)c2c1. The molecule has 37 heavy (non-hydrogen) atoms. The number of fused-ring (bicyclic) bond motifs is 3. The van der Waals surface area contributed by atoms with Crippen LogP contribution in [0.2, 0.25) is 0 Å². The van der Waals surface area contributed by atoms with Crippen LogP contribution < -0.4 is 4.74 Å². The maximum atomic E-state index is 14.3. The van der Waals surface area contributed by atoms with Crippen molar-refractivity contribution in [2.24, 2.45) is 0 Å². The molecule has 6 aromatic rings. The number of nitrogens with zero attached hydrogens (tertiary/aromatic N) is 9. The van der Waals surface area contributed by atoms with E-state index in [2.05, 4.69) is 26.0 Å². The summed E-state index contributed by atoms with van der Waals surface area (Å²) in [6.45, 7) is 0.453. The molecule has 0 bridgehead atoms. The Hall–Kier alpha value is -5.24. The van der Waals surface area contributed by atoms with Crippen LogP contribution in [0.1, 0.15) is 23.6 Å². The molecule has 5 heterocycles. The Kier molecular flexibility index (Phi) is 4.65. The van der Waals surface area contributed by atoms with E-state index in [1.807, 2.05) is 4.57 Å². The van der Waals surface area contributed by atoms with E-state index in [-0.39, 0.29) is 11.9 Å². The summed E-state index contributed by atoms with van der Waals surface area (Å²) in [5.41, 5.74) is 4.45. The molecule has 0 radical (unpaired) electrons. The van der Waals surface area contributed by atoms with E-state index >= 15 is 0 Å². The van der Waals surface area contributed by atoms with Gasteiger partial charge in [-0.05, 0) is 36.4 Å². The van der Waals surface area contributed by atoms with Crippen molar-refractivity contribution in [1.29, 1.82) is 5.26 Å². The lowest BCUT2D eigenvalue weighted by molar-refractivity contribution is 0.257. The first-order valence-corrected chi connectivity index (χ1v) is 11.5. The first kappa shape index (κ1) is 21.1. The molecule has 0 aliphatic carbocycles. The Labute approximate surface area is 208 Å². The summed E-state index contributed by atoms with van der Waals surface area (Å²) in [4.78, 5) is 27.0. The third-order valence-electron chi connectivity index (χ3n) is 6.42. The number of halogens is 1. The highest BCUT2D eigenvalue weighted by Gasteiger charge is 2.29. The van der Waals surface area contributed by atoms with Crippen LogP contribution in [0.4, 0.5) is 4.39 Å². The zero-order chi connectivity index (χ0) is 24.9. The van der Waals surface area contributed by atoms with Crippen LogP contribution in [0, 0.1) is 17.1 Å². The second-order valence-corrected chi connectivity index (χ2v) is 8.58. The van der Waals surface area contributed by atoms with Gasteiger partial charge in [-0.3, -0.25) is 4.57 Å². The summed E-state index contributed by atoms with van der Waals surface area (Å²) < 4.78 is 23.9. The summed E-state index contributed by atoms with van der Waals surface area (Å²) in [6, 6.07) is 11.6. The molecule has 0 saturated carbocycles. The van der Waals surface area contributed by atoms with Crippen LogP contribution >= 0.6 is 0 Å². The van der Waals surface area contributed by atoms with Gasteiger partial charge in [0.15, 0.2) is 5.65 Å². The average molecular weight is 489 g/mol. The topological polar surface area (TPSA) is 120 Å². The Morgan fingerprint density at radius 3 is 2.76 bits per heavy atom.